The van der Waals surface area contributed by atoms with Crippen molar-refractivity contribution in [3.8, 4) is 0 Å². The molecule has 2 aliphatic rings. The molecule has 2 rings (SSSR count). The van der Waals surface area contributed by atoms with E-state index in [4.69, 9.17) is 4.74 Å². The average molecular weight is 254 g/mol. The van der Waals surface area contributed by atoms with E-state index in [1.165, 1.54) is 0 Å². The number of carbonyl (C=O) groups is 2. The fourth-order valence-electron chi connectivity index (χ4n) is 2.38. The van der Waals surface area contributed by atoms with E-state index in [1.807, 2.05) is 0 Å². The second-order valence-corrected chi connectivity index (χ2v) is 5.00. The van der Waals surface area contributed by atoms with Crippen LogP contribution in [0.4, 0.5) is 0 Å². The predicted molar refractivity (Wildman–Crippen MR) is 67.0 cm³/mol. The zero-order valence-corrected chi connectivity index (χ0v) is 11.0. The monoisotopic (exact) mass is 254 g/mol. The van der Waals surface area contributed by atoms with Gasteiger partial charge in [-0.1, -0.05) is 6.42 Å². The summed E-state index contributed by atoms with van der Waals surface area (Å²) in [6.45, 7) is 3.15. The zero-order valence-electron chi connectivity index (χ0n) is 11.0. The highest BCUT2D eigenvalue weighted by molar-refractivity contribution is 5.86. The van der Waals surface area contributed by atoms with Crippen LogP contribution in [-0.4, -0.2) is 48.6 Å². The molecule has 1 N–H and O–H groups in total. The lowest BCUT2D eigenvalue weighted by molar-refractivity contribution is -0.150. The van der Waals surface area contributed by atoms with Gasteiger partial charge in [0.05, 0.1) is 12.6 Å². The smallest absolute Gasteiger partial charge is 0.325 e. The van der Waals surface area contributed by atoms with Crippen LogP contribution in [-0.2, 0) is 14.3 Å². The number of nitrogens with zero attached hydrogens (tertiary/aromatic N) is 1. The van der Waals surface area contributed by atoms with Crippen LogP contribution in [0.15, 0.2) is 0 Å². The molecule has 2 fully saturated rings. The van der Waals surface area contributed by atoms with Crippen LogP contribution in [0.25, 0.3) is 0 Å². The Bertz CT molecular complexity index is 309. The molecule has 1 saturated carbocycles. The minimum Gasteiger partial charge on any atom is -0.465 e. The summed E-state index contributed by atoms with van der Waals surface area (Å²) in [6.07, 6.45) is 5.12. The van der Waals surface area contributed by atoms with Crippen LogP contribution in [0.1, 0.15) is 39.0 Å². The number of carbonyl (C=O) groups excluding carboxylic acids is 2. The maximum atomic E-state index is 12.4. The largest absolute Gasteiger partial charge is 0.465 e. The van der Waals surface area contributed by atoms with E-state index in [9.17, 15) is 9.59 Å². The Hall–Kier alpha value is -1.10. The molecule has 5 heteroatoms. The predicted octanol–water partition coefficient (Wildman–Crippen LogP) is 0.683. The van der Waals surface area contributed by atoms with Crippen molar-refractivity contribution in [2.75, 3.05) is 19.7 Å². The highest BCUT2D eigenvalue weighted by Crippen LogP contribution is 2.28. The van der Waals surface area contributed by atoms with E-state index in [1.54, 1.807) is 11.8 Å². The standard InChI is InChI=1S/C13H22N2O3/c1-2-18-12(16)9-15(10-6-7-10)13(17)11-5-3-4-8-14-11/h10-11,14H,2-9H2,1H3/t11-/m0/s1. The van der Waals surface area contributed by atoms with Crippen LogP contribution in [0, 0.1) is 0 Å². The van der Waals surface area contributed by atoms with Gasteiger partial charge >= 0.3 is 5.97 Å². The Labute approximate surface area is 108 Å². The highest BCUT2D eigenvalue weighted by Gasteiger charge is 2.37. The normalized spacial score (nSPS) is 23.5. The topological polar surface area (TPSA) is 58.6 Å². The lowest BCUT2D eigenvalue weighted by Crippen LogP contribution is -2.50. The number of esters is 1. The molecule has 1 saturated heterocycles. The molecule has 0 aromatic heterocycles. The molecule has 0 radical (unpaired) electrons. The van der Waals surface area contributed by atoms with Gasteiger partial charge in [-0.2, -0.15) is 0 Å². The first-order chi connectivity index (χ1) is 8.72. The van der Waals surface area contributed by atoms with E-state index in [0.717, 1.165) is 38.6 Å². The maximum absolute atomic E-state index is 12.4. The quantitative estimate of drug-likeness (QED) is 0.733. The van der Waals surface area contributed by atoms with Crippen LogP contribution in [0.5, 0.6) is 0 Å². The Kier molecular flexibility index (Phi) is 4.58. The van der Waals surface area contributed by atoms with E-state index in [2.05, 4.69) is 5.32 Å². The molecule has 1 atom stereocenters. The van der Waals surface area contributed by atoms with Crippen LogP contribution >= 0.6 is 0 Å². The third-order valence-corrected chi connectivity index (χ3v) is 3.48. The molecule has 0 aromatic carbocycles. The summed E-state index contributed by atoms with van der Waals surface area (Å²) in [5, 5.41) is 3.24. The lowest BCUT2D eigenvalue weighted by atomic mass is 10.0. The van der Waals surface area contributed by atoms with Gasteiger partial charge in [-0.3, -0.25) is 9.59 Å². The van der Waals surface area contributed by atoms with Crippen LogP contribution in [0.2, 0.25) is 0 Å². The molecule has 1 heterocycles. The minimum absolute atomic E-state index is 0.0743. The summed E-state index contributed by atoms with van der Waals surface area (Å²) < 4.78 is 4.93. The molecule has 1 amide bonds. The molecule has 18 heavy (non-hydrogen) atoms. The number of ether oxygens (including phenoxy) is 1. The fraction of sp³-hybridized carbons (Fsp3) is 0.846. The van der Waals surface area contributed by atoms with Gasteiger partial charge in [-0.15, -0.1) is 0 Å². The minimum atomic E-state index is -0.298. The Morgan fingerprint density at radius 2 is 2.06 bits per heavy atom. The van der Waals surface area contributed by atoms with Crippen LogP contribution in [0.3, 0.4) is 0 Å². The van der Waals surface area contributed by atoms with Gasteiger partial charge in [0, 0.05) is 6.04 Å². The number of piperidine rings is 1. The third-order valence-electron chi connectivity index (χ3n) is 3.48. The van der Waals surface area contributed by atoms with Crippen molar-refractivity contribution in [2.24, 2.45) is 0 Å². The van der Waals surface area contributed by atoms with Gasteiger partial charge in [0.1, 0.15) is 6.54 Å². The van der Waals surface area contributed by atoms with Crippen molar-refractivity contribution in [3.63, 3.8) is 0 Å². The van der Waals surface area contributed by atoms with Gasteiger partial charge in [0.2, 0.25) is 5.91 Å². The second-order valence-electron chi connectivity index (χ2n) is 5.00. The first-order valence-corrected chi connectivity index (χ1v) is 6.92. The molecular weight excluding hydrogens is 232 g/mol. The van der Waals surface area contributed by atoms with E-state index in [-0.39, 0.29) is 30.5 Å². The van der Waals surface area contributed by atoms with Crippen LogP contribution < -0.4 is 5.32 Å². The van der Waals surface area contributed by atoms with Gasteiger partial charge in [0.25, 0.3) is 0 Å². The molecule has 0 aromatic rings. The van der Waals surface area contributed by atoms with Gasteiger partial charge < -0.3 is 15.0 Å². The Balaban J connectivity index is 1.91. The van der Waals surface area contributed by atoms with E-state index in [0.29, 0.717) is 6.61 Å². The molecule has 0 spiro atoms. The Morgan fingerprint density at radius 1 is 1.28 bits per heavy atom. The highest BCUT2D eigenvalue weighted by atomic mass is 16.5. The van der Waals surface area contributed by atoms with Crippen molar-refractivity contribution in [3.05, 3.63) is 0 Å². The van der Waals surface area contributed by atoms with Crippen molar-refractivity contribution in [1.29, 1.82) is 0 Å². The molecule has 0 bridgehead atoms. The van der Waals surface area contributed by atoms with Crippen molar-refractivity contribution in [1.82, 2.24) is 10.2 Å². The van der Waals surface area contributed by atoms with Gasteiger partial charge in [-0.05, 0) is 39.2 Å². The number of hydrogen-bond acceptors (Lipinski definition) is 4. The average Bonchev–Trinajstić information content (AvgIpc) is 3.21. The summed E-state index contributed by atoms with van der Waals surface area (Å²) in [5.74, 6) is -0.223. The van der Waals surface area contributed by atoms with Crippen molar-refractivity contribution < 1.29 is 14.3 Å². The molecule has 0 unspecified atom stereocenters. The summed E-state index contributed by atoms with van der Waals surface area (Å²) in [7, 11) is 0. The molecule has 102 valence electrons. The van der Waals surface area contributed by atoms with E-state index < -0.39 is 0 Å². The number of nitrogens with one attached hydrogen (secondary N) is 1. The second kappa shape index (κ2) is 6.18. The summed E-state index contributed by atoms with van der Waals surface area (Å²) in [6, 6.07) is 0.152. The Morgan fingerprint density at radius 3 is 2.61 bits per heavy atom. The molecular formula is C13H22N2O3. The number of amides is 1. The van der Waals surface area contributed by atoms with Crippen molar-refractivity contribution >= 4 is 11.9 Å². The fourth-order valence-corrected chi connectivity index (χ4v) is 2.38. The first kappa shape index (κ1) is 13.3. The van der Waals surface area contributed by atoms with Gasteiger partial charge in [0.15, 0.2) is 0 Å². The van der Waals surface area contributed by atoms with E-state index >= 15 is 0 Å². The summed E-state index contributed by atoms with van der Waals surface area (Å²) in [5.41, 5.74) is 0. The SMILES string of the molecule is CCOC(=O)CN(C(=O)[C@@H]1CCCCN1)C1CC1. The third kappa shape index (κ3) is 3.45. The maximum Gasteiger partial charge on any atom is 0.325 e. The molecule has 1 aliphatic carbocycles. The first-order valence-electron chi connectivity index (χ1n) is 6.92. The van der Waals surface area contributed by atoms with Gasteiger partial charge in [-0.25, -0.2) is 0 Å². The summed E-state index contributed by atoms with van der Waals surface area (Å²) in [4.78, 5) is 25.6. The zero-order chi connectivity index (χ0) is 13.0. The summed E-state index contributed by atoms with van der Waals surface area (Å²) >= 11 is 0. The molecule has 1 aliphatic heterocycles. The molecule has 5 nitrogen and oxygen atoms in total. The lowest BCUT2D eigenvalue weighted by Gasteiger charge is -2.29. The van der Waals surface area contributed by atoms with Crippen molar-refractivity contribution in [2.45, 2.75) is 51.1 Å². The number of hydrogen-bond donors (Lipinski definition) is 1. The number of rotatable bonds is 5.